The van der Waals surface area contributed by atoms with Crippen LogP contribution in [0.2, 0.25) is 0 Å². The highest BCUT2D eigenvalue weighted by atomic mass is 16.1. The molecule has 2 aliphatic rings. The van der Waals surface area contributed by atoms with Crippen molar-refractivity contribution < 1.29 is 6.22 Å². The van der Waals surface area contributed by atoms with Gasteiger partial charge >= 0.3 is 0 Å². The largest absolute Gasteiger partial charge is 0.368 e. The van der Waals surface area contributed by atoms with Gasteiger partial charge in [0.25, 0.3) is 5.56 Å². The van der Waals surface area contributed by atoms with Gasteiger partial charge in [-0.15, -0.1) is 0 Å². The molecule has 1 aliphatic heterocycles. The molecule has 0 bridgehead atoms. The minimum Gasteiger partial charge on any atom is -0.368 e. The van der Waals surface area contributed by atoms with E-state index in [4.69, 9.17) is 4.98 Å². The lowest BCUT2D eigenvalue weighted by atomic mass is 10.0. The predicted molar refractivity (Wildman–Crippen MR) is 147 cm³/mol. The van der Waals surface area contributed by atoms with E-state index >= 15 is 0 Å². The second-order valence-electron chi connectivity index (χ2n) is 9.42. The lowest BCUT2D eigenvalue weighted by Crippen LogP contribution is -2.44. The van der Waals surface area contributed by atoms with Crippen molar-refractivity contribution in [3.8, 4) is 0 Å². The fourth-order valence-electron chi connectivity index (χ4n) is 5.14. The molecule has 5 rings (SSSR count). The summed E-state index contributed by atoms with van der Waals surface area (Å²) in [6.07, 6.45) is 7.54. The van der Waals surface area contributed by atoms with Crippen LogP contribution in [0.5, 0.6) is 0 Å². The van der Waals surface area contributed by atoms with E-state index in [1.54, 1.807) is 17.7 Å². The topological polar surface area (TPSA) is 96.2 Å². The van der Waals surface area contributed by atoms with Gasteiger partial charge in [0.05, 0.1) is 17.4 Å². The smallest absolute Gasteiger partial charge is 0.263 e. The highest BCUT2D eigenvalue weighted by molar-refractivity contribution is 5.99. The minimum atomic E-state index is -0.247. The van der Waals surface area contributed by atoms with Crippen molar-refractivity contribution in [3.63, 3.8) is 0 Å². The van der Waals surface area contributed by atoms with Crippen molar-refractivity contribution >= 4 is 34.3 Å². The van der Waals surface area contributed by atoms with Crippen LogP contribution in [-0.4, -0.2) is 63.4 Å². The summed E-state index contributed by atoms with van der Waals surface area (Å²) in [4.78, 5) is 44.1. The number of hydrogen-bond donors (Lipinski definition) is 1. The van der Waals surface area contributed by atoms with Gasteiger partial charge in [-0.25, -0.2) is 9.97 Å². The third kappa shape index (κ3) is 5.11. The first-order valence-electron chi connectivity index (χ1n) is 13.0. The number of ketones is 1. The van der Waals surface area contributed by atoms with Gasteiger partial charge < -0.3 is 15.1 Å². The van der Waals surface area contributed by atoms with E-state index in [1.807, 2.05) is 26.1 Å². The minimum absolute atomic E-state index is 0. The monoisotopic (exact) mass is 493 g/mol. The Balaban J connectivity index is 0.00000124. The third-order valence-corrected chi connectivity index (χ3v) is 7.11. The van der Waals surface area contributed by atoms with Crippen LogP contribution in [0.4, 0.5) is 17.5 Å². The number of nitrogens with one attached hydrogen (secondary N) is 1. The van der Waals surface area contributed by atoms with Gasteiger partial charge in [0, 0.05) is 45.2 Å². The number of pyridine rings is 2. The van der Waals surface area contributed by atoms with Gasteiger partial charge in [-0.3, -0.25) is 14.2 Å². The van der Waals surface area contributed by atoms with Gasteiger partial charge in [-0.05, 0) is 51.4 Å². The molecular weight excluding hydrogens is 454 g/mol. The SMILES string of the molecule is CC.CC(=O)c1c(C)c2cnc(Nc3ccc(N4CCN(C)CC4)cn3)nc2n(C2CCCC2)c1=O.[HH]. The molecule has 0 unspecified atom stereocenters. The van der Waals surface area contributed by atoms with E-state index in [0.717, 1.165) is 62.9 Å². The maximum absolute atomic E-state index is 13.4. The van der Waals surface area contributed by atoms with Gasteiger partial charge in [0.15, 0.2) is 5.78 Å². The number of carbonyl (C=O) groups excluding carboxylic acids is 1. The Morgan fingerprint density at radius 2 is 1.75 bits per heavy atom. The molecule has 0 aromatic carbocycles. The molecule has 4 heterocycles. The number of aryl methyl sites for hydroxylation is 1. The molecule has 3 aromatic heterocycles. The Hall–Kier alpha value is -3.33. The molecule has 1 N–H and O–H groups in total. The van der Waals surface area contributed by atoms with Crippen LogP contribution in [0.3, 0.4) is 0 Å². The van der Waals surface area contributed by atoms with Gasteiger partial charge in [0.1, 0.15) is 11.5 Å². The van der Waals surface area contributed by atoms with Crippen LogP contribution in [0.1, 0.15) is 69.8 Å². The summed E-state index contributed by atoms with van der Waals surface area (Å²) in [6.45, 7) is 11.3. The zero-order valence-corrected chi connectivity index (χ0v) is 22.0. The molecule has 1 saturated heterocycles. The zero-order chi connectivity index (χ0) is 25.8. The summed E-state index contributed by atoms with van der Waals surface area (Å²) in [5.74, 6) is 0.806. The summed E-state index contributed by atoms with van der Waals surface area (Å²) < 4.78 is 1.73. The Labute approximate surface area is 214 Å². The second-order valence-corrected chi connectivity index (χ2v) is 9.42. The number of carbonyl (C=O) groups is 1. The molecule has 3 aromatic rings. The third-order valence-electron chi connectivity index (χ3n) is 7.11. The number of fused-ring (bicyclic) bond motifs is 1. The first-order valence-corrected chi connectivity index (χ1v) is 13.0. The molecule has 36 heavy (non-hydrogen) atoms. The molecule has 0 spiro atoms. The average Bonchev–Trinajstić information content (AvgIpc) is 3.41. The Kier molecular flexibility index (Phi) is 7.98. The van der Waals surface area contributed by atoms with Crippen LogP contribution in [0.15, 0.2) is 29.3 Å². The molecular formula is C27H39N7O2. The van der Waals surface area contributed by atoms with Crippen molar-refractivity contribution in [2.75, 3.05) is 43.4 Å². The van der Waals surface area contributed by atoms with Crippen LogP contribution >= 0.6 is 0 Å². The molecule has 1 aliphatic carbocycles. The fourth-order valence-corrected chi connectivity index (χ4v) is 5.14. The predicted octanol–water partition coefficient (Wildman–Crippen LogP) is 4.58. The van der Waals surface area contributed by atoms with Crippen molar-refractivity contribution in [2.24, 2.45) is 0 Å². The van der Waals surface area contributed by atoms with E-state index in [-0.39, 0.29) is 24.4 Å². The van der Waals surface area contributed by atoms with Crippen LogP contribution in [-0.2, 0) is 0 Å². The Bertz CT molecular complexity index is 1280. The van der Waals surface area contributed by atoms with Crippen molar-refractivity contribution in [1.82, 2.24) is 24.4 Å². The highest BCUT2D eigenvalue weighted by Crippen LogP contribution is 2.32. The summed E-state index contributed by atoms with van der Waals surface area (Å²) in [5, 5.41) is 3.92. The van der Waals surface area contributed by atoms with E-state index in [0.29, 0.717) is 23.0 Å². The average molecular weight is 494 g/mol. The summed E-state index contributed by atoms with van der Waals surface area (Å²) in [7, 11) is 2.14. The number of anilines is 3. The summed E-state index contributed by atoms with van der Waals surface area (Å²) in [5.41, 5.74) is 2.31. The van der Waals surface area contributed by atoms with Crippen molar-refractivity contribution in [3.05, 3.63) is 46.0 Å². The van der Waals surface area contributed by atoms with E-state index in [1.165, 1.54) is 6.92 Å². The number of piperazine rings is 1. The van der Waals surface area contributed by atoms with Crippen LogP contribution in [0.25, 0.3) is 11.0 Å². The maximum atomic E-state index is 13.4. The lowest BCUT2D eigenvalue weighted by Gasteiger charge is -2.33. The van der Waals surface area contributed by atoms with Crippen molar-refractivity contribution in [2.45, 2.75) is 59.4 Å². The van der Waals surface area contributed by atoms with Gasteiger partial charge in [-0.2, -0.15) is 4.98 Å². The van der Waals surface area contributed by atoms with Gasteiger partial charge in [-0.1, -0.05) is 26.7 Å². The van der Waals surface area contributed by atoms with E-state index < -0.39 is 0 Å². The zero-order valence-electron chi connectivity index (χ0n) is 22.0. The second kappa shape index (κ2) is 11.2. The summed E-state index contributed by atoms with van der Waals surface area (Å²) >= 11 is 0. The number of rotatable bonds is 5. The summed E-state index contributed by atoms with van der Waals surface area (Å²) in [6, 6.07) is 4.03. The maximum Gasteiger partial charge on any atom is 0.263 e. The number of aromatic nitrogens is 4. The van der Waals surface area contributed by atoms with Gasteiger partial charge in [0.2, 0.25) is 5.95 Å². The molecule has 194 valence electrons. The fraction of sp³-hybridized carbons (Fsp3) is 0.519. The van der Waals surface area contributed by atoms with Crippen LogP contribution < -0.4 is 15.8 Å². The Morgan fingerprint density at radius 3 is 2.36 bits per heavy atom. The molecule has 0 amide bonds. The normalized spacial score (nSPS) is 16.6. The molecule has 9 heteroatoms. The first kappa shape index (κ1) is 25.8. The van der Waals surface area contributed by atoms with E-state index in [2.05, 4.69) is 38.2 Å². The van der Waals surface area contributed by atoms with E-state index in [9.17, 15) is 9.59 Å². The molecule has 0 atom stereocenters. The lowest BCUT2D eigenvalue weighted by molar-refractivity contribution is 0.101. The van der Waals surface area contributed by atoms with Crippen LogP contribution in [0, 0.1) is 6.92 Å². The quantitative estimate of drug-likeness (QED) is 0.516. The number of hydrogen-bond acceptors (Lipinski definition) is 8. The number of Topliss-reactive ketones (excluding diaryl/α,β-unsaturated/α-hetero) is 1. The Morgan fingerprint density at radius 1 is 1.06 bits per heavy atom. The van der Waals surface area contributed by atoms with Crippen molar-refractivity contribution in [1.29, 1.82) is 0 Å². The molecule has 1 saturated carbocycles. The molecule has 2 fully saturated rings. The first-order chi connectivity index (χ1) is 17.4. The number of likely N-dealkylation sites (N-methyl/N-ethyl adjacent to an activating group) is 1. The molecule has 0 radical (unpaired) electrons. The standard InChI is InChI=1S/C25H31N7O2.C2H6.H2/c1-16-20-15-27-25(28-21-9-8-19(14-26-21)31-12-10-30(3)11-13-31)29-23(20)32(18-6-4-5-7-18)24(34)22(16)17(2)33;1-2;/h8-9,14-15,18H,4-7,10-13H2,1-3H3,(H,26,27,28,29);1-2H3;1H. The number of nitrogens with zero attached hydrogens (tertiary/aromatic N) is 6. The molecule has 9 nitrogen and oxygen atoms in total. The highest BCUT2D eigenvalue weighted by Gasteiger charge is 2.26.